The smallest absolute Gasteiger partial charge is 0.00927 e. The summed E-state index contributed by atoms with van der Waals surface area (Å²) in [7, 11) is 0. The SMILES string of the molecule is CCC(c1ccccc1)c1c(C(C)(C)C)ccc(C(C)(C)C)c1C(C)(C)C. The highest BCUT2D eigenvalue weighted by atomic mass is 14.4. The Kier molecular flexibility index (Phi) is 6.00. The summed E-state index contributed by atoms with van der Waals surface area (Å²) in [6.45, 7) is 23.6. The molecule has 0 saturated carbocycles. The molecule has 0 saturated heterocycles. The summed E-state index contributed by atoms with van der Waals surface area (Å²) in [6.07, 6.45) is 1.11. The summed E-state index contributed by atoms with van der Waals surface area (Å²) >= 11 is 0. The molecule has 0 aliphatic carbocycles. The van der Waals surface area contributed by atoms with E-state index in [1.807, 2.05) is 0 Å². The first-order chi connectivity index (χ1) is 12.3. The van der Waals surface area contributed by atoms with Crippen LogP contribution in [0.3, 0.4) is 0 Å². The molecule has 0 heteroatoms. The highest BCUT2D eigenvalue weighted by Gasteiger charge is 2.34. The Hall–Kier alpha value is -1.56. The maximum absolute atomic E-state index is 2.41. The molecule has 2 aromatic carbocycles. The van der Waals surface area contributed by atoms with Crippen molar-refractivity contribution in [2.24, 2.45) is 0 Å². The van der Waals surface area contributed by atoms with Crippen molar-refractivity contribution in [3.8, 4) is 0 Å². The fraction of sp³-hybridized carbons (Fsp3) is 0.556. The molecule has 0 amide bonds. The van der Waals surface area contributed by atoms with Gasteiger partial charge in [-0.2, -0.15) is 0 Å². The lowest BCUT2D eigenvalue weighted by molar-refractivity contribution is 0.507. The van der Waals surface area contributed by atoms with Crippen LogP contribution < -0.4 is 0 Å². The standard InChI is InChI=1S/C27H40/c1-11-20(19-15-13-12-14-16-19)23-21(25(2,3)4)17-18-22(26(5,6)7)24(23)27(8,9)10/h12-18,20H,11H2,1-10H3. The normalized spacial score (nSPS) is 14.3. The zero-order chi connectivity index (χ0) is 20.6. The molecule has 27 heavy (non-hydrogen) atoms. The van der Waals surface area contributed by atoms with E-state index < -0.39 is 0 Å². The largest absolute Gasteiger partial charge is 0.0645 e. The van der Waals surface area contributed by atoms with Gasteiger partial charge in [-0.15, -0.1) is 0 Å². The van der Waals surface area contributed by atoms with E-state index in [1.54, 1.807) is 11.1 Å². The summed E-state index contributed by atoms with van der Waals surface area (Å²) in [5, 5.41) is 0. The van der Waals surface area contributed by atoms with Gasteiger partial charge in [-0.25, -0.2) is 0 Å². The molecule has 1 unspecified atom stereocenters. The van der Waals surface area contributed by atoms with Gasteiger partial charge in [-0.1, -0.05) is 112 Å². The first kappa shape index (κ1) is 21.7. The fourth-order valence-corrected chi connectivity index (χ4v) is 4.36. The van der Waals surface area contributed by atoms with Crippen molar-refractivity contribution < 1.29 is 0 Å². The van der Waals surface area contributed by atoms with E-state index in [0.29, 0.717) is 5.92 Å². The summed E-state index contributed by atoms with van der Waals surface area (Å²) < 4.78 is 0. The molecule has 0 N–H and O–H groups in total. The van der Waals surface area contributed by atoms with Crippen molar-refractivity contribution in [2.45, 2.75) is 97.8 Å². The average Bonchev–Trinajstić information content (AvgIpc) is 2.53. The van der Waals surface area contributed by atoms with Crippen LogP contribution in [0.1, 0.15) is 109 Å². The lowest BCUT2D eigenvalue weighted by Gasteiger charge is -2.38. The van der Waals surface area contributed by atoms with Crippen molar-refractivity contribution in [3.63, 3.8) is 0 Å². The second-order valence-corrected chi connectivity index (χ2v) is 11.1. The van der Waals surface area contributed by atoms with Crippen molar-refractivity contribution in [1.82, 2.24) is 0 Å². The summed E-state index contributed by atoms with van der Waals surface area (Å²) in [4.78, 5) is 0. The number of rotatable bonds is 3. The molecule has 0 aromatic heterocycles. The number of benzene rings is 2. The molecule has 2 rings (SSSR count). The van der Waals surface area contributed by atoms with Gasteiger partial charge in [0, 0.05) is 5.92 Å². The topological polar surface area (TPSA) is 0 Å². The Morgan fingerprint density at radius 1 is 0.630 bits per heavy atom. The van der Waals surface area contributed by atoms with E-state index in [-0.39, 0.29) is 16.2 Å². The third-order valence-electron chi connectivity index (χ3n) is 5.57. The van der Waals surface area contributed by atoms with Crippen molar-refractivity contribution in [1.29, 1.82) is 0 Å². The summed E-state index contributed by atoms with van der Waals surface area (Å²) in [5.74, 6) is 0.428. The van der Waals surface area contributed by atoms with Gasteiger partial charge < -0.3 is 0 Å². The summed E-state index contributed by atoms with van der Waals surface area (Å²) in [5.41, 5.74) is 7.89. The van der Waals surface area contributed by atoms with Crippen LogP contribution >= 0.6 is 0 Å². The highest BCUT2D eigenvalue weighted by Crippen LogP contribution is 2.46. The minimum Gasteiger partial charge on any atom is -0.0645 e. The van der Waals surface area contributed by atoms with Crippen LogP contribution in [0.5, 0.6) is 0 Å². The molecule has 0 spiro atoms. The minimum atomic E-state index is 0.0986. The van der Waals surface area contributed by atoms with E-state index in [9.17, 15) is 0 Å². The zero-order valence-corrected chi connectivity index (χ0v) is 19.3. The number of hydrogen-bond donors (Lipinski definition) is 0. The third-order valence-corrected chi connectivity index (χ3v) is 5.57. The first-order valence-corrected chi connectivity index (χ1v) is 10.5. The molecule has 148 valence electrons. The lowest BCUT2D eigenvalue weighted by Crippen LogP contribution is -2.28. The van der Waals surface area contributed by atoms with E-state index in [0.717, 1.165) is 6.42 Å². The molecule has 0 aliphatic heterocycles. The van der Waals surface area contributed by atoms with Crippen LogP contribution in [-0.2, 0) is 16.2 Å². The van der Waals surface area contributed by atoms with Crippen LogP contribution in [0.2, 0.25) is 0 Å². The van der Waals surface area contributed by atoms with Gasteiger partial charge in [-0.3, -0.25) is 0 Å². The van der Waals surface area contributed by atoms with Crippen LogP contribution in [-0.4, -0.2) is 0 Å². The second-order valence-electron chi connectivity index (χ2n) is 11.1. The van der Waals surface area contributed by atoms with Gasteiger partial charge in [0.2, 0.25) is 0 Å². The molecule has 0 heterocycles. The third kappa shape index (κ3) is 4.65. The molecular formula is C27H40. The van der Waals surface area contributed by atoms with E-state index in [4.69, 9.17) is 0 Å². The lowest BCUT2D eigenvalue weighted by atomic mass is 9.66. The Bertz CT molecular complexity index is 759. The Morgan fingerprint density at radius 2 is 1.11 bits per heavy atom. The first-order valence-electron chi connectivity index (χ1n) is 10.5. The maximum Gasteiger partial charge on any atom is 0.00927 e. The predicted molar refractivity (Wildman–Crippen MR) is 121 cm³/mol. The van der Waals surface area contributed by atoms with Gasteiger partial charge >= 0.3 is 0 Å². The molecule has 0 radical (unpaired) electrons. The Labute approximate surface area is 168 Å². The number of hydrogen-bond acceptors (Lipinski definition) is 0. The summed E-state index contributed by atoms with van der Waals surface area (Å²) in [6, 6.07) is 15.9. The fourth-order valence-electron chi connectivity index (χ4n) is 4.36. The Balaban J connectivity index is 2.98. The van der Waals surface area contributed by atoms with Crippen molar-refractivity contribution >= 4 is 0 Å². The van der Waals surface area contributed by atoms with E-state index >= 15 is 0 Å². The molecular weight excluding hydrogens is 324 g/mol. The minimum absolute atomic E-state index is 0.0986. The second kappa shape index (κ2) is 7.46. The van der Waals surface area contributed by atoms with Gasteiger partial charge in [0.05, 0.1) is 0 Å². The Morgan fingerprint density at radius 3 is 1.52 bits per heavy atom. The molecule has 0 bridgehead atoms. The van der Waals surface area contributed by atoms with Gasteiger partial charge in [0.1, 0.15) is 0 Å². The van der Waals surface area contributed by atoms with Gasteiger partial charge in [-0.05, 0) is 50.5 Å². The van der Waals surface area contributed by atoms with Crippen LogP contribution in [0.25, 0.3) is 0 Å². The van der Waals surface area contributed by atoms with Crippen LogP contribution in [0.15, 0.2) is 42.5 Å². The van der Waals surface area contributed by atoms with Gasteiger partial charge in [0.25, 0.3) is 0 Å². The molecule has 0 aliphatic rings. The van der Waals surface area contributed by atoms with E-state index in [1.165, 1.54) is 16.7 Å². The van der Waals surface area contributed by atoms with Crippen LogP contribution in [0, 0.1) is 0 Å². The highest BCUT2D eigenvalue weighted by molar-refractivity contribution is 5.54. The zero-order valence-electron chi connectivity index (χ0n) is 19.3. The predicted octanol–water partition coefficient (Wildman–Crippen LogP) is 8.12. The molecule has 1 atom stereocenters. The molecule has 0 nitrogen and oxygen atoms in total. The quantitative estimate of drug-likeness (QED) is 0.516. The van der Waals surface area contributed by atoms with Crippen molar-refractivity contribution in [3.05, 3.63) is 70.3 Å². The van der Waals surface area contributed by atoms with Crippen molar-refractivity contribution in [2.75, 3.05) is 0 Å². The van der Waals surface area contributed by atoms with Crippen LogP contribution in [0.4, 0.5) is 0 Å². The molecule has 2 aromatic rings. The molecule has 0 fully saturated rings. The average molecular weight is 365 g/mol. The van der Waals surface area contributed by atoms with E-state index in [2.05, 4.69) is 112 Å². The monoisotopic (exact) mass is 364 g/mol. The maximum atomic E-state index is 2.41. The van der Waals surface area contributed by atoms with Gasteiger partial charge in [0.15, 0.2) is 0 Å².